The Labute approximate surface area is 151 Å². The summed E-state index contributed by atoms with van der Waals surface area (Å²) in [6, 6.07) is 14.9. The predicted molar refractivity (Wildman–Crippen MR) is 100 cm³/mol. The lowest BCUT2D eigenvalue weighted by Gasteiger charge is -2.09. The predicted octanol–water partition coefficient (Wildman–Crippen LogP) is 4.37. The lowest BCUT2D eigenvalue weighted by Crippen LogP contribution is -2.19. The molecule has 4 nitrogen and oxygen atoms in total. The van der Waals surface area contributed by atoms with Gasteiger partial charge in [-0.2, -0.15) is 5.10 Å². The van der Waals surface area contributed by atoms with Crippen LogP contribution in [0.25, 0.3) is 0 Å². The molecule has 0 saturated carbocycles. The minimum atomic E-state index is -0.161. The Bertz CT molecular complexity index is 685. The van der Waals surface area contributed by atoms with Gasteiger partial charge in [-0.15, -0.1) is 11.8 Å². The Morgan fingerprint density at radius 3 is 2.50 bits per heavy atom. The second-order valence-corrected chi connectivity index (χ2v) is 6.76. The fourth-order valence-corrected chi connectivity index (χ4v) is 2.61. The highest BCUT2D eigenvalue weighted by molar-refractivity contribution is 8.00. The van der Waals surface area contributed by atoms with Gasteiger partial charge in [0.25, 0.3) is 0 Å². The fraction of sp³-hybridized carbons (Fsp3) is 0.222. The maximum absolute atomic E-state index is 11.8. The third kappa shape index (κ3) is 6.64. The number of ether oxygens (including phenoxy) is 1. The summed E-state index contributed by atoms with van der Waals surface area (Å²) < 4.78 is 5.57. The number of carbonyl (C=O) groups is 1. The van der Waals surface area contributed by atoms with Gasteiger partial charge in [0, 0.05) is 9.92 Å². The van der Waals surface area contributed by atoms with Gasteiger partial charge in [0.05, 0.1) is 18.1 Å². The molecule has 0 bridgehead atoms. The highest BCUT2D eigenvalue weighted by Crippen LogP contribution is 2.19. The summed E-state index contributed by atoms with van der Waals surface area (Å²) in [7, 11) is 0. The average Bonchev–Trinajstić information content (AvgIpc) is 2.55. The molecule has 0 radical (unpaired) electrons. The fourth-order valence-electron chi connectivity index (χ4n) is 1.80. The maximum atomic E-state index is 11.8. The molecule has 0 aromatic heterocycles. The molecule has 0 aliphatic rings. The van der Waals surface area contributed by atoms with E-state index in [4.69, 9.17) is 16.3 Å². The van der Waals surface area contributed by atoms with E-state index in [0.29, 0.717) is 10.8 Å². The van der Waals surface area contributed by atoms with E-state index < -0.39 is 0 Å². The number of hydrogen-bond acceptors (Lipinski definition) is 4. The van der Waals surface area contributed by atoms with Crippen molar-refractivity contribution in [3.8, 4) is 5.75 Å². The first-order valence-corrected chi connectivity index (χ1v) is 8.86. The van der Waals surface area contributed by atoms with E-state index in [1.807, 2.05) is 50.2 Å². The van der Waals surface area contributed by atoms with Crippen molar-refractivity contribution in [1.82, 2.24) is 5.43 Å². The van der Waals surface area contributed by atoms with E-state index in [9.17, 15) is 4.79 Å². The van der Waals surface area contributed by atoms with Gasteiger partial charge in [0.2, 0.25) is 5.91 Å². The molecule has 1 amide bonds. The molecule has 0 heterocycles. The Morgan fingerprint density at radius 2 is 1.88 bits per heavy atom. The molecular formula is C18H19ClN2O2S. The van der Waals surface area contributed by atoms with Crippen molar-refractivity contribution in [1.29, 1.82) is 0 Å². The van der Waals surface area contributed by atoms with Crippen LogP contribution in [0, 0.1) is 0 Å². The van der Waals surface area contributed by atoms with Gasteiger partial charge >= 0.3 is 0 Å². The molecule has 24 heavy (non-hydrogen) atoms. The van der Waals surface area contributed by atoms with E-state index in [1.54, 1.807) is 18.3 Å². The summed E-state index contributed by atoms with van der Waals surface area (Å²) in [5.74, 6) is 0.941. The number of nitrogens with one attached hydrogen (secondary N) is 1. The maximum Gasteiger partial charge on any atom is 0.250 e. The van der Waals surface area contributed by atoms with Crippen LogP contribution >= 0.6 is 23.4 Å². The molecule has 2 aromatic carbocycles. The Kier molecular flexibility index (Phi) is 7.15. The summed E-state index contributed by atoms with van der Waals surface area (Å²) in [6.45, 7) is 3.96. The third-order valence-corrected chi connectivity index (χ3v) is 4.10. The van der Waals surface area contributed by atoms with Gasteiger partial charge in [0.1, 0.15) is 5.75 Å². The topological polar surface area (TPSA) is 50.7 Å². The van der Waals surface area contributed by atoms with Crippen molar-refractivity contribution in [3.05, 3.63) is 59.1 Å². The third-order valence-electron chi connectivity index (χ3n) is 2.84. The molecule has 2 aromatic rings. The van der Waals surface area contributed by atoms with Gasteiger partial charge in [-0.3, -0.25) is 4.79 Å². The number of benzene rings is 2. The minimum Gasteiger partial charge on any atom is -0.491 e. The Balaban J connectivity index is 1.76. The van der Waals surface area contributed by atoms with E-state index in [2.05, 4.69) is 10.5 Å². The van der Waals surface area contributed by atoms with Gasteiger partial charge in [0.15, 0.2) is 0 Å². The van der Waals surface area contributed by atoms with Crippen LogP contribution < -0.4 is 10.2 Å². The van der Waals surface area contributed by atoms with E-state index in [1.165, 1.54) is 11.8 Å². The second kappa shape index (κ2) is 9.35. The summed E-state index contributed by atoms with van der Waals surface area (Å²) >= 11 is 7.25. The van der Waals surface area contributed by atoms with Crippen molar-refractivity contribution in [2.45, 2.75) is 24.8 Å². The number of rotatable bonds is 7. The molecule has 0 atom stereocenters. The first kappa shape index (κ1) is 18.4. The highest BCUT2D eigenvalue weighted by atomic mass is 35.5. The lowest BCUT2D eigenvalue weighted by atomic mass is 10.2. The van der Waals surface area contributed by atoms with Crippen molar-refractivity contribution >= 4 is 35.5 Å². The van der Waals surface area contributed by atoms with Gasteiger partial charge < -0.3 is 4.74 Å². The standard InChI is InChI=1S/C18H19ClN2O2S/c1-13(2)23-16-7-3-14(4-8-16)11-20-21-18(22)12-24-17-9-5-15(19)6-10-17/h3-11,13H,12H2,1-2H3,(H,21,22)/b20-11-. The number of amides is 1. The zero-order chi connectivity index (χ0) is 17.4. The number of carbonyl (C=O) groups excluding carboxylic acids is 1. The second-order valence-electron chi connectivity index (χ2n) is 5.27. The van der Waals surface area contributed by atoms with Crippen molar-refractivity contribution < 1.29 is 9.53 Å². The van der Waals surface area contributed by atoms with Crippen LogP contribution in [0.15, 0.2) is 58.5 Å². The SMILES string of the molecule is CC(C)Oc1ccc(/C=N\NC(=O)CSc2ccc(Cl)cc2)cc1. The zero-order valence-corrected chi connectivity index (χ0v) is 15.1. The van der Waals surface area contributed by atoms with Crippen LogP contribution in [0.4, 0.5) is 0 Å². The molecule has 6 heteroatoms. The summed E-state index contributed by atoms with van der Waals surface area (Å²) in [5, 5.41) is 4.64. The smallest absolute Gasteiger partial charge is 0.250 e. The molecule has 126 valence electrons. The molecule has 0 saturated heterocycles. The average molecular weight is 363 g/mol. The summed E-state index contributed by atoms with van der Waals surface area (Å²) in [5.41, 5.74) is 3.40. The summed E-state index contributed by atoms with van der Waals surface area (Å²) in [6.07, 6.45) is 1.74. The Hall–Kier alpha value is -1.98. The number of hydrazone groups is 1. The molecule has 2 rings (SSSR count). The highest BCUT2D eigenvalue weighted by Gasteiger charge is 2.02. The van der Waals surface area contributed by atoms with Crippen molar-refractivity contribution in [3.63, 3.8) is 0 Å². The quantitative estimate of drug-likeness (QED) is 0.452. The molecule has 0 fully saturated rings. The zero-order valence-electron chi connectivity index (χ0n) is 13.5. The molecule has 0 aliphatic heterocycles. The number of halogens is 1. The van der Waals surface area contributed by atoms with Crippen molar-refractivity contribution in [2.24, 2.45) is 5.10 Å². The first-order chi connectivity index (χ1) is 11.5. The monoisotopic (exact) mass is 362 g/mol. The normalized spacial score (nSPS) is 11.0. The largest absolute Gasteiger partial charge is 0.491 e. The minimum absolute atomic E-state index is 0.141. The molecule has 0 spiro atoms. The van der Waals surface area contributed by atoms with Crippen molar-refractivity contribution in [2.75, 3.05) is 5.75 Å². The molecule has 0 unspecified atom stereocenters. The van der Waals surface area contributed by atoms with Crippen LogP contribution in [0.3, 0.4) is 0 Å². The first-order valence-electron chi connectivity index (χ1n) is 7.50. The van der Waals surface area contributed by atoms with Gasteiger partial charge in [-0.1, -0.05) is 11.6 Å². The van der Waals surface area contributed by atoms with Crippen LogP contribution in [0.2, 0.25) is 5.02 Å². The molecular weight excluding hydrogens is 344 g/mol. The number of nitrogens with zero attached hydrogens (tertiary/aromatic N) is 1. The van der Waals surface area contributed by atoms with E-state index >= 15 is 0 Å². The van der Waals surface area contributed by atoms with Crippen LogP contribution in [0.1, 0.15) is 19.4 Å². The van der Waals surface area contributed by atoms with E-state index in [0.717, 1.165) is 16.2 Å². The van der Waals surface area contributed by atoms with Crippen LogP contribution in [-0.2, 0) is 4.79 Å². The van der Waals surface area contributed by atoms with Crippen LogP contribution in [-0.4, -0.2) is 24.0 Å². The molecule has 0 aliphatic carbocycles. The van der Waals surface area contributed by atoms with E-state index in [-0.39, 0.29) is 12.0 Å². The van der Waals surface area contributed by atoms with Crippen LogP contribution in [0.5, 0.6) is 5.75 Å². The lowest BCUT2D eigenvalue weighted by molar-refractivity contribution is -0.118. The van der Waals surface area contributed by atoms with Gasteiger partial charge in [-0.05, 0) is 67.9 Å². The Morgan fingerprint density at radius 1 is 1.21 bits per heavy atom. The van der Waals surface area contributed by atoms with Gasteiger partial charge in [-0.25, -0.2) is 5.43 Å². The number of hydrogen-bond donors (Lipinski definition) is 1. The molecule has 1 N–H and O–H groups in total. The summed E-state index contributed by atoms with van der Waals surface area (Å²) in [4.78, 5) is 12.7. The number of thioether (sulfide) groups is 1.